The molecule has 0 radical (unpaired) electrons. The molecule has 0 saturated carbocycles. The maximum absolute atomic E-state index is 5.91. The number of aromatic nitrogens is 2. The number of hydrogen-bond donors (Lipinski definition) is 2. The molecule has 5 nitrogen and oxygen atoms in total. The van der Waals surface area contributed by atoms with Crippen LogP contribution in [0.2, 0.25) is 0 Å². The molecule has 6 heteroatoms. The fourth-order valence-corrected chi connectivity index (χ4v) is 2.54. The lowest BCUT2D eigenvalue weighted by molar-refractivity contribution is 0.816. The van der Waals surface area contributed by atoms with Crippen molar-refractivity contribution in [2.75, 3.05) is 5.32 Å². The second-order valence-corrected chi connectivity index (χ2v) is 6.16. The Kier molecular flexibility index (Phi) is 5.27. The van der Waals surface area contributed by atoms with Gasteiger partial charge in [-0.05, 0) is 24.1 Å². The van der Waals surface area contributed by atoms with Gasteiger partial charge in [-0.3, -0.25) is 0 Å². The number of nitrogens with zero attached hydrogens (tertiary/aromatic N) is 3. The number of anilines is 1. The van der Waals surface area contributed by atoms with E-state index in [0.29, 0.717) is 18.4 Å². The Balaban J connectivity index is 1.96. The van der Waals surface area contributed by atoms with E-state index >= 15 is 0 Å². The van der Waals surface area contributed by atoms with E-state index in [1.165, 1.54) is 5.56 Å². The van der Waals surface area contributed by atoms with E-state index in [-0.39, 0.29) is 0 Å². The molecule has 1 aromatic carbocycles. The van der Waals surface area contributed by atoms with Crippen LogP contribution in [0.3, 0.4) is 0 Å². The van der Waals surface area contributed by atoms with Gasteiger partial charge < -0.3 is 11.1 Å². The monoisotopic (exact) mass is 303 g/mol. The van der Waals surface area contributed by atoms with Gasteiger partial charge in [-0.25, -0.2) is 4.99 Å². The minimum absolute atomic E-state index is 0.393. The maximum Gasteiger partial charge on any atom is 0.193 e. The van der Waals surface area contributed by atoms with E-state index in [1.807, 2.05) is 12.1 Å². The quantitative estimate of drug-likeness (QED) is 0.657. The highest BCUT2D eigenvalue weighted by molar-refractivity contribution is 7.11. The smallest absolute Gasteiger partial charge is 0.193 e. The summed E-state index contributed by atoms with van der Waals surface area (Å²) in [6.07, 6.45) is 0.995. The van der Waals surface area contributed by atoms with Crippen molar-refractivity contribution in [1.82, 2.24) is 10.2 Å². The zero-order chi connectivity index (χ0) is 15.2. The largest absolute Gasteiger partial charge is 0.370 e. The van der Waals surface area contributed by atoms with Gasteiger partial charge in [0.15, 0.2) is 5.96 Å². The Morgan fingerprint density at radius 1 is 1.38 bits per heavy atom. The van der Waals surface area contributed by atoms with Crippen molar-refractivity contribution in [3.63, 3.8) is 0 Å². The molecule has 2 aromatic rings. The second kappa shape index (κ2) is 7.17. The predicted molar refractivity (Wildman–Crippen MR) is 88.8 cm³/mol. The third-order valence-corrected chi connectivity index (χ3v) is 4.18. The number of rotatable bonds is 5. The molecule has 0 fully saturated rings. The highest BCUT2D eigenvalue weighted by Gasteiger charge is 2.07. The molecule has 0 bridgehead atoms. The lowest BCUT2D eigenvalue weighted by Crippen LogP contribution is -2.22. The van der Waals surface area contributed by atoms with Crippen LogP contribution in [0.5, 0.6) is 0 Å². The summed E-state index contributed by atoms with van der Waals surface area (Å²) in [6.45, 7) is 6.78. The van der Waals surface area contributed by atoms with Gasteiger partial charge >= 0.3 is 0 Å². The summed E-state index contributed by atoms with van der Waals surface area (Å²) in [4.78, 5) is 4.31. The number of hydrogen-bond acceptors (Lipinski definition) is 4. The average molecular weight is 303 g/mol. The Morgan fingerprint density at radius 3 is 2.86 bits per heavy atom. The summed E-state index contributed by atoms with van der Waals surface area (Å²) in [7, 11) is 0. The maximum atomic E-state index is 5.91. The van der Waals surface area contributed by atoms with Crippen LogP contribution < -0.4 is 11.1 Å². The Morgan fingerprint density at radius 2 is 2.19 bits per heavy atom. The van der Waals surface area contributed by atoms with Crippen molar-refractivity contribution in [1.29, 1.82) is 0 Å². The van der Waals surface area contributed by atoms with E-state index in [9.17, 15) is 0 Å². The topological polar surface area (TPSA) is 76.2 Å². The SMILES string of the molecule is CCc1cccc(NC(N)=NCc2nnc(C(C)C)s2)c1. The molecule has 0 unspecified atom stereocenters. The first-order chi connectivity index (χ1) is 10.1. The third kappa shape index (κ3) is 4.53. The predicted octanol–water partition coefficient (Wildman–Crippen LogP) is 3.15. The normalized spacial score (nSPS) is 11.9. The molecule has 0 aliphatic carbocycles. The minimum Gasteiger partial charge on any atom is -0.370 e. The summed E-state index contributed by atoms with van der Waals surface area (Å²) in [5, 5.41) is 13.3. The van der Waals surface area contributed by atoms with Gasteiger partial charge in [0.05, 0.1) is 6.54 Å². The van der Waals surface area contributed by atoms with Gasteiger partial charge in [-0.1, -0.05) is 44.2 Å². The van der Waals surface area contributed by atoms with E-state index in [1.54, 1.807) is 11.3 Å². The Bertz CT molecular complexity index is 618. The first kappa shape index (κ1) is 15.4. The van der Waals surface area contributed by atoms with Crippen LogP contribution in [0.25, 0.3) is 0 Å². The summed E-state index contributed by atoms with van der Waals surface area (Å²) in [6, 6.07) is 8.15. The first-order valence-corrected chi connectivity index (χ1v) is 7.88. The second-order valence-electron chi connectivity index (χ2n) is 5.07. The Labute approximate surface area is 129 Å². The van der Waals surface area contributed by atoms with Crippen molar-refractivity contribution < 1.29 is 0 Å². The van der Waals surface area contributed by atoms with Gasteiger partial charge in [0, 0.05) is 11.6 Å². The molecule has 0 spiro atoms. The minimum atomic E-state index is 0.393. The number of nitrogens with one attached hydrogen (secondary N) is 1. The highest BCUT2D eigenvalue weighted by atomic mass is 32.1. The van der Waals surface area contributed by atoms with Gasteiger partial charge in [-0.15, -0.1) is 10.2 Å². The molecule has 21 heavy (non-hydrogen) atoms. The van der Waals surface area contributed by atoms with Crippen molar-refractivity contribution in [2.24, 2.45) is 10.7 Å². The molecule has 0 atom stereocenters. The average Bonchev–Trinajstić information content (AvgIpc) is 2.94. The van der Waals surface area contributed by atoms with Crippen LogP contribution in [0.4, 0.5) is 5.69 Å². The van der Waals surface area contributed by atoms with Crippen LogP contribution in [0.1, 0.15) is 42.3 Å². The van der Waals surface area contributed by atoms with Gasteiger partial charge in [0.1, 0.15) is 10.0 Å². The molecule has 2 rings (SSSR count). The molecule has 0 aliphatic rings. The van der Waals surface area contributed by atoms with Crippen molar-refractivity contribution >= 4 is 23.0 Å². The molecule has 1 heterocycles. The van der Waals surface area contributed by atoms with E-state index in [0.717, 1.165) is 22.1 Å². The van der Waals surface area contributed by atoms with Crippen molar-refractivity contribution in [3.8, 4) is 0 Å². The molecule has 112 valence electrons. The number of benzene rings is 1. The van der Waals surface area contributed by atoms with E-state index in [4.69, 9.17) is 5.73 Å². The third-order valence-electron chi connectivity index (χ3n) is 2.97. The van der Waals surface area contributed by atoms with E-state index < -0.39 is 0 Å². The number of guanidine groups is 1. The zero-order valence-electron chi connectivity index (χ0n) is 12.6. The summed E-state index contributed by atoms with van der Waals surface area (Å²) < 4.78 is 0. The lowest BCUT2D eigenvalue weighted by Gasteiger charge is -2.06. The summed E-state index contributed by atoms with van der Waals surface area (Å²) in [5.74, 6) is 0.789. The zero-order valence-corrected chi connectivity index (χ0v) is 13.4. The molecular formula is C15H21N5S. The molecule has 0 amide bonds. The van der Waals surface area contributed by atoms with Crippen LogP contribution in [-0.4, -0.2) is 16.2 Å². The van der Waals surface area contributed by atoms with Gasteiger partial charge in [-0.2, -0.15) is 0 Å². The Hall–Kier alpha value is -1.95. The number of aliphatic imine (C=N–C) groups is 1. The standard InChI is InChI=1S/C15H21N5S/c1-4-11-6-5-7-12(8-11)18-15(16)17-9-13-19-20-14(21-13)10(2)3/h5-8,10H,4,9H2,1-3H3,(H3,16,17,18). The van der Waals surface area contributed by atoms with Crippen LogP contribution in [0, 0.1) is 0 Å². The van der Waals surface area contributed by atoms with Gasteiger partial charge in [0.25, 0.3) is 0 Å². The molecule has 1 aromatic heterocycles. The van der Waals surface area contributed by atoms with Crippen LogP contribution in [0.15, 0.2) is 29.3 Å². The fourth-order valence-electron chi connectivity index (χ4n) is 1.77. The van der Waals surface area contributed by atoms with Crippen LogP contribution >= 0.6 is 11.3 Å². The van der Waals surface area contributed by atoms with Gasteiger partial charge in [0.2, 0.25) is 0 Å². The molecule has 0 aliphatic heterocycles. The number of nitrogens with two attached hydrogens (primary N) is 1. The van der Waals surface area contributed by atoms with Crippen molar-refractivity contribution in [3.05, 3.63) is 39.8 Å². The lowest BCUT2D eigenvalue weighted by atomic mass is 10.1. The fraction of sp³-hybridized carbons (Fsp3) is 0.400. The van der Waals surface area contributed by atoms with E-state index in [2.05, 4.69) is 53.4 Å². The first-order valence-electron chi connectivity index (χ1n) is 7.06. The summed E-state index contributed by atoms with van der Waals surface area (Å²) in [5.41, 5.74) is 8.12. The summed E-state index contributed by atoms with van der Waals surface area (Å²) >= 11 is 1.58. The molecule has 0 saturated heterocycles. The molecule has 3 N–H and O–H groups in total. The highest BCUT2D eigenvalue weighted by Crippen LogP contribution is 2.19. The number of aryl methyl sites for hydroxylation is 1. The van der Waals surface area contributed by atoms with Crippen molar-refractivity contribution in [2.45, 2.75) is 39.7 Å². The molecular weight excluding hydrogens is 282 g/mol. The van der Waals surface area contributed by atoms with Crippen LogP contribution in [-0.2, 0) is 13.0 Å².